The predicted molar refractivity (Wildman–Crippen MR) is 139 cm³/mol. The molecule has 1 unspecified atom stereocenters. The Morgan fingerprint density at radius 2 is 1.86 bits per heavy atom. The first-order valence-corrected chi connectivity index (χ1v) is 12.9. The summed E-state index contributed by atoms with van der Waals surface area (Å²) < 4.78 is 5.65. The van der Waals surface area contributed by atoms with Gasteiger partial charge in [-0.05, 0) is 68.1 Å². The van der Waals surface area contributed by atoms with E-state index < -0.39 is 6.04 Å². The minimum atomic E-state index is -0.873. The number of likely N-dealkylation sites (N-methyl/N-ethyl adjacent to an activating group) is 1. The molecular weight excluding hydrogens is 488 g/mol. The van der Waals surface area contributed by atoms with Crippen molar-refractivity contribution >= 4 is 46.3 Å². The lowest BCUT2D eigenvalue weighted by Gasteiger charge is -2.24. The lowest BCUT2D eigenvalue weighted by Crippen LogP contribution is -2.48. The molecule has 0 spiro atoms. The number of nitrogens with zero attached hydrogens (tertiary/aromatic N) is 1. The van der Waals surface area contributed by atoms with E-state index in [1.807, 2.05) is 12.1 Å². The molecule has 0 aliphatic carbocycles. The predicted octanol–water partition coefficient (Wildman–Crippen LogP) is 3.10. The number of rotatable bonds is 10. The smallest absolute Gasteiger partial charge is 0.262 e. The number of thiophene rings is 1. The Morgan fingerprint density at radius 3 is 2.51 bits per heavy atom. The van der Waals surface area contributed by atoms with E-state index in [-0.39, 0.29) is 30.2 Å². The van der Waals surface area contributed by atoms with Gasteiger partial charge in [0.15, 0.2) is 0 Å². The van der Waals surface area contributed by atoms with Gasteiger partial charge in [0.2, 0.25) is 11.8 Å². The Bertz CT molecular complexity index is 1040. The van der Waals surface area contributed by atoms with Crippen LogP contribution in [-0.2, 0) is 27.2 Å². The van der Waals surface area contributed by atoms with Crippen molar-refractivity contribution in [3.63, 3.8) is 0 Å². The summed E-state index contributed by atoms with van der Waals surface area (Å²) in [6.07, 6.45) is 2.61. The first kappa shape index (κ1) is 27.1. The molecule has 10 heteroatoms. The second kappa shape index (κ2) is 13.0. The Morgan fingerprint density at radius 1 is 1.11 bits per heavy atom. The number of fused-ring (bicyclic) bond motifs is 1. The average Bonchev–Trinajstić information content (AvgIpc) is 3.17. The summed E-state index contributed by atoms with van der Waals surface area (Å²) in [5.74, 6) is -0.947. The molecule has 0 radical (unpaired) electrons. The van der Waals surface area contributed by atoms with Crippen molar-refractivity contribution in [3.8, 4) is 0 Å². The van der Waals surface area contributed by atoms with E-state index in [0.717, 1.165) is 37.3 Å². The summed E-state index contributed by atoms with van der Waals surface area (Å²) in [7, 11) is 3.69. The Kier molecular flexibility index (Phi) is 10.1. The van der Waals surface area contributed by atoms with E-state index in [1.54, 1.807) is 19.2 Å². The molecule has 35 heavy (non-hydrogen) atoms. The molecule has 2 aromatic rings. The molecule has 2 atom stereocenters. The maximum absolute atomic E-state index is 13.4. The lowest BCUT2D eigenvalue weighted by molar-refractivity contribution is -0.121. The maximum Gasteiger partial charge on any atom is 0.262 e. The van der Waals surface area contributed by atoms with Gasteiger partial charge in [0.05, 0.1) is 9.21 Å². The molecule has 0 saturated heterocycles. The van der Waals surface area contributed by atoms with E-state index in [2.05, 4.69) is 34.0 Å². The summed E-state index contributed by atoms with van der Waals surface area (Å²) >= 11 is 7.13. The number of ether oxygens (including phenoxy) is 1. The molecule has 0 saturated carbocycles. The summed E-state index contributed by atoms with van der Waals surface area (Å²) in [5, 5.41) is 8.65. The van der Waals surface area contributed by atoms with Gasteiger partial charge in [-0.25, -0.2) is 0 Å². The summed E-state index contributed by atoms with van der Waals surface area (Å²) in [6, 6.07) is 8.01. The molecule has 3 amide bonds. The van der Waals surface area contributed by atoms with Gasteiger partial charge >= 0.3 is 0 Å². The van der Waals surface area contributed by atoms with Gasteiger partial charge in [-0.3, -0.25) is 14.4 Å². The number of carbonyl (C=O) groups excluding carboxylic acids is 3. The van der Waals surface area contributed by atoms with Gasteiger partial charge in [0.25, 0.3) is 5.91 Å². The number of hydrogen-bond donors (Lipinski definition) is 3. The molecule has 190 valence electrons. The second-order valence-corrected chi connectivity index (χ2v) is 10.5. The highest BCUT2D eigenvalue weighted by molar-refractivity contribution is 7.18. The van der Waals surface area contributed by atoms with Crippen LogP contribution in [0.15, 0.2) is 30.3 Å². The van der Waals surface area contributed by atoms with Crippen LogP contribution in [0, 0.1) is 0 Å². The fourth-order valence-corrected chi connectivity index (χ4v) is 5.07. The third kappa shape index (κ3) is 8.31. The van der Waals surface area contributed by atoms with Crippen molar-refractivity contribution in [2.75, 3.05) is 39.2 Å². The van der Waals surface area contributed by atoms with Crippen LogP contribution in [0.25, 0.3) is 0 Å². The van der Waals surface area contributed by atoms with E-state index in [1.165, 1.54) is 18.1 Å². The summed E-state index contributed by atoms with van der Waals surface area (Å²) in [5.41, 5.74) is 3.19. The largest absolute Gasteiger partial charge is 0.385 e. The number of nitrogens with one attached hydrogen (secondary N) is 3. The Balaban J connectivity index is 1.78. The minimum Gasteiger partial charge on any atom is -0.385 e. The van der Waals surface area contributed by atoms with Crippen LogP contribution in [0.2, 0.25) is 4.34 Å². The van der Waals surface area contributed by atoms with Crippen LogP contribution < -0.4 is 16.0 Å². The van der Waals surface area contributed by atoms with Crippen molar-refractivity contribution in [2.24, 2.45) is 0 Å². The molecule has 1 aromatic heterocycles. The number of halogens is 1. The fraction of sp³-hybridized carbons (Fsp3) is 0.480. The van der Waals surface area contributed by atoms with Crippen LogP contribution in [-0.4, -0.2) is 68.6 Å². The van der Waals surface area contributed by atoms with Gasteiger partial charge in [-0.15, -0.1) is 11.3 Å². The number of hydrogen-bond acceptors (Lipinski definition) is 6. The van der Waals surface area contributed by atoms with Crippen LogP contribution in [0.4, 0.5) is 5.69 Å². The normalized spacial score (nSPS) is 15.4. The summed E-state index contributed by atoms with van der Waals surface area (Å²) in [6.45, 7) is 3.80. The van der Waals surface area contributed by atoms with Crippen LogP contribution in [0.5, 0.6) is 0 Å². The van der Waals surface area contributed by atoms with Crippen molar-refractivity contribution in [1.82, 2.24) is 15.5 Å². The minimum absolute atomic E-state index is 0.211. The number of benzene rings is 1. The Labute approximate surface area is 215 Å². The molecule has 8 nitrogen and oxygen atoms in total. The zero-order chi connectivity index (χ0) is 25.4. The highest BCUT2D eigenvalue weighted by Gasteiger charge is 2.27. The SMILES string of the molecule is COCCC(C[C@@H](NC(=O)c1ccc(Cl)s1)C(=O)Nc1ccc2c(c1)CCN(C)CC2)NC(C)=O. The molecule has 0 bridgehead atoms. The number of carbonyl (C=O) groups is 3. The Hall–Kier alpha value is -2.46. The van der Waals surface area contributed by atoms with Crippen molar-refractivity contribution < 1.29 is 19.1 Å². The van der Waals surface area contributed by atoms with Crippen LogP contribution in [0.3, 0.4) is 0 Å². The second-order valence-electron chi connectivity index (χ2n) is 8.82. The lowest BCUT2D eigenvalue weighted by atomic mass is 10.0. The van der Waals surface area contributed by atoms with Gasteiger partial charge < -0.3 is 25.6 Å². The number of amides is 3. The fourth-order valence-electron chi connectivity index (χ4n) is 4.12. The van der Waals surface area contributed by atoms with Crippen LogP contribution >= 0.6 is 22.9 Å². The van der Waals surface area contributed by atoms with Crippen molar-refractivity contribution in [3.05, 3.63) is 50.7 Å². The molecule has 2 heterocycles. The van der Waals surface area contributed by atoms with Gasteiger partial charge in [0, 0.05) is 45.5 Å². The third-order valence-electron chi connectivity index (χ3n) is 6.02. The third-order valence-corrected chi connectivity index (χ3v) is 7.25. The molecule has 3 rings (SSSR count). The maximum atomic E-state index is 13.4. The molecule has 1 aliphatic rings. The quantitative estimate of drug-likeness (QED) is 0.447. The topological polar surface area (TPSA) is 99.8 Å². The first-order valence-electron chi connectivity index (χ1n) is 11.7. The van der Waals surface area contributed by atoms with E-state index in [9.17, 15) is 14.4 Å². The number of methoxy groups -OCH3 is 1. The average molecular weight is 521 g/mol. The highest BCUT2D eigenvalue weighted by Crippen LogP contribution is 2.23. The monoisotopic (exact) mass is 520 g/mol. The molecular formula is C25H33ClN4O4S. The van der Waals surface area contributed by atoms with E-state index in [4.69, 9.17) is 16.3 Å². The van der Waals surface area contributed by atoms with Crippen LogP contribution in [0.1, 0.15) is 40.6 Å². The van der Waals surface area contributed by atoms with Gasteiger partial charge in [-0.2, -0.15) is 0 Å². The zero-order valence-corrected chi connectivity index (χ0v) is 21.9. The van der Waals surface area contributed by atoms with Gasteiger partial charge in [0.1, 0.15) is 6.04 Å². The van der Waals surface area contributed by atoms with E-state index in [0.29, 0.717) is 27.9 Å². The van der Waals surface area contributed by atoms with Gasteiger partial charge in [-0.1, -0.05) is 17.7 Å². The molecule has 0 fully saturated rings. The standard InChI is InChI=1S/C25H33ClN4O4S/c1-16(31)27-20(10-13-34-3)15-21(29-25(33)22-6-7-23(26)35-22)24(32)28-19-5-4-17-8-11-30(2)12-9-18(17)14-19/h4-7,14,20-21H,8-13,15H2,1-3H3,(H,27,31)(H,28,32)(H,29,33)/t20?,21-/m1/s1. The van der Waals surface area contributed by atoms with Crippen molar-refractivity contribution in [1.29, 1.82) is 0 Å². The zero-order valence-electron chi connectivity index (χ0n) is 20.4. The molecule has 1 aromatic carbocycles. The summed E-state index contributed by atoms with van der Waals surface area (Å²) in [4.78, 5) is 40.7. The number of anilines is 1. The molecule has 1 aliphatic heterocycles. The highest BCUT2D eigenvalue weighted by atomic mass is 35.5. The van der Waals surface area contributed by atoms with E-state index >= 15 is 0 Å². The van der Waals surface area contributed by atoms with Crippen molar-refractivity contribution in [2.45, 2.75) is 44.7 Å². The molecule has 3 N–H and O–H groups in total. The first-order chi connectivity index (χ1) is 16.7.